The normalized spacial score (nSPS) is 22.3. The summed E-state index contributed by atoms with van der Waals surface area (Å²) in [6.45, 7) is 0.134. The minimum atomic E-state index is -3.76. The molecule has 1 unspecified atom stereocenters. The van der Waals surface area contributed by atoms with E-state index in [0.29, 0.717) is 0 Å². The molecule has 0 aromatic rings. The molecule has 1 aliphatic rings. The summed E-state index contributed by atoms with van der Waals surface area (Å²) in [5.41, 5.74) is 0. The van der Waals surface area contributed by atoms with Crippen molar-refractivity contribution in [2.24, 2.45) is 0 Å². The smallest absolute Gasteiger partial charge is 0.304 e. The summed E-state index contributed by atoms with van der Waals surface area (Å²) >= 11 is 0. The van der Waals surface area contributed by atoms with Gasteiger partial charge in [-0.25, -0.2) is 0 Å². The number of carboxylic acids is 1. The van der Waals surface area contributed by atoms with Gasteiger partial charge in [0.2, 0.25) is 0 Å². The van der Waals surface area contributed by atoms with E-state index in [-0.39, 0.29) is 39.3 Å². The number of morpholine rings is 1. The standard InChI is InChI=1S/C9H18N2O6S/c1-10(3-2-9(13)14)18(15,16)11-4-5-17-7-8(11)6-12/h8,12H,2-7H2,1H3,(H,13,14). The summed E-state index contributed by atoms with van der Waals surface area (Å²) < 4.78 is 31.5. The minimum absolute atomic E-state index is 0.104. The number of carbonyl (C=O) groups is 1. The molecule has 106 valence electrons. The first-order valence-corrected chi connectivity index (χ1v) is 6.92. The third-order valence-electron chi connectivity index (χ3n) is 2.72. The zero-order chi connectivity index (χ0) is 13.8. The van der Waals surface area contributed by atoms with E-state index in [1.165, 1.54) is 7.05 Å². The highest BCUT2D eigenvalue weighted by atomic mass is 32.2. The van der Waals surface area contributed by atoms with E-state index in [9.17, 15) is 13.2 Å². The lowest BCUT2D eigenvalue weighted by Gasteiger charge is -2.35. The SMILES string of the molecule is CN(CCC(=O)O)S(=O)(=O)N1CCOCC1CO. The Balaban J connectivity index is 2.73. The molecular weight excluding hydrogens is 264 g/mol. The predicted molar refractivity (Wildman–Crippen MR) is 62.2 cm³/mol. The summed E-state index contributed by atoms with van der Waals surface area (Å²) in [7, 11) is -2.43. The van der Waals surface area contributed by atoms with Crippen molar-refractivity contribution in [2.45, 2.75) is 12.5 Å². The number of rotatable bonds is 6. The van der Waals surface area contributed by atoms with E-state index < -0.39 is 22.2 Å². The summed E-state index contributed by atoms with van der Waals surface area (Å²) in [4.78, 5) is 10.4. The Kier molecular flexibility index (Phi) is 5.47. The molecule has 1 aliphatic heterocycles. The number of ether oxygens (including phenoxy) is 1. The van der Waals surface area contributed by atoms with E-state index in [1.54, 1.807) is 0 Å². The van der Waals surface area contributed by atoms with Crippen LogP contribution in [0.1, 0.15) is 6.42 Å². The fourth-order valence-corrected chi connectivity index (χ4v) is 3.12. The zero-order valence-electron chi connectivity index (χ0n) is 10.2. The maximum atomic E-state index is 12.2. The average Bonchev–Trinajstić information content (AvgIpc) is 2.35. The van der Waals surface area contributed by atoms with Crippen LogP contribution in [0, 0.1) is 0 Å². The summed E-state index contributed by atoms with van der Waals surface area (Å²) in [6, 6.07) is -0.615. The lowest BCUT2D eigenvalue weighted by molar-refractivity contribution is -0.137. The topological polar surface area (TPSA) is 107 Å². The molecule has 1 heterocycles. The number of hydrogen-bond acceptors (Lipinski definition) is 5. The lowest BCUT2D eigenvalue weighted by atomic mass is 10.3. The fraction of sp³-hybridized carbons (Fsp3) is 0.889. The number of aliphatic carboxylic acids is 1. The molecule has 0 saturated carbocycles. The molecule has 0 aliphatic carbocycles. The van der Waals surface area contributed by atoms with Crippen molar-refractivity contribution < 1.29 is 28.2 Å². The molecule has 0 aromatic carbocycles. The van der Waals surface area contributed by atoms with Gasteiger partial charge in [-0.2, -0.15) is 17.0 Å². The zero-order valence-corrected chi connectivity index (χ0v) is 11.0. The average molecular weight is 282 g/mol. The summed E-state index contributed by atoms with van der Waals surface area (Å²) in [6.07, 6.45) is -0.260. The van der Waals surface area contributed by atoms with Crippen molar-refractivity contribution in [2.75, 3.05) is 40.0 Å². The molecule has 0 radical (unpaired) electrons. The number of hydrogen-bond donors (Lipinski definition) is 2. The van der Waals surface area contributed by atoms with E-state index in [1.807, 2.05) is 0 Å². The number of aliphatic hydroxyl groups excluding tert-OH is 1. The first-order valence-electron chi connectivity index (χ1n) is 5.53. The van der Waals surface area contributed by atoms with Gasteiger partial charge in [0.15, 0.2) is 0 Å². The van der Waals surface area contributed by atoms with Crippen molar-refractivity contribution in [3.8, 4) is 0 Å². The van der Waals surface area contributed by atoms with Crippen molar-refractivity contribution >= 4 is 16.2 Å². The monoisotopic (exact) mass is 282 g/mol. The van der Waals surface area contributed by atoms with Crippen LogP contribution >= 0.6 is 0 Å². The van der Waals surface area contributed by atoms with Gasteiger partial charge in [-0.3, -0.25) is 4.79 Å². The second-order valence-electron chi connectivity index (χ2n) is 4.00. The number of nitrogens with zero attached hydrogens (tertiary/aromatic N) is 2. The largest absolute Gasteiger partial charge is 0.481 e. The molecule has 0 aromatic heterocycles. The number of carboxylic acid groups (broad SMARTS) is 1. The molecule has 1 atom stereocenters. The van der Waals surface area contributed by atoms with Gasteiger partial charge in [-0.15, -0.1) is 0 Å². The van der Waals surface area contributed by atoms with E-state index in [4.69, 9.17) is 14.9 Å². The Morgan fingerprint density at radius 3 is 2.78 bits per heavy atom. The molecule has 2 N–H and O–H groups in total. The fourth-order valence-electron chi connectivity index (χ4n) is 1.63. The predicted octanol–water partition coefficient (Wildman–Crippen LogP) is -1.67. The van der Waals surface area contributed by atoms with Gasteiger partial charge in [0.1, 0.15) is 0 Å². The van der Waals surface area contributed by atoms with Gasteiger partial charge in [-0.05, 0) is 0 Å². The third-order valence-corrected chi connectivity index (χ3v) is 4.76. The quantitative estimate of drug-likeness (QED) is 0.603. The maximum absolute atomic E-state index is 12.2. The van der Waals surface area contributed by atoms with Gasteiger partial charge in [-0.1, -0.05) is 0 Å². The number of aliphatic hydroxyl groups is 1. The summed E-state index contributed by atoms with van der Waals surface area (Å²) in [5.74, 6) is -1.06. The Bertz CT molecular complexity index is 385. The van der Waals surface area contributed by atoms with Crippen molar-refractivity contribution in [3.63, 3.8) is 0 Å². The second kappa shape index (κ2) is 6.43. The van der Waals surface area contributed by atoms with Gasteiger partial charge in [0.25, 0.3) is 10.2 Å². The first kappa shape index (κ1) is 15.3. The van der Waals surface area contributed by atoms with Crippen LogP contribution in [-0.2, 0) is 19.7 Å². The van der Waals surface area contributed by atoms with Gasteiger partial charge >= 0.3 is 5.97 Å². The molecule has 1 fully saturated rings. The van der Waals surface area contributed by atoms with Crippen molar-refractivity contribution in [3.05, 3.63) is 0 Å². The van der Waals surface area contributed by atoms with Crippen LogP contribution in [-0.4, -0.2) is 79.2 Å². The van der Waals surface area contributed by atoms with Crippen molar-refractivity contribution in [1.29, 1.82) is 0 Å². The lowest BCUT2D eigenvalue weighted by Crippen LogP contribution is -2.54. The highest BCUT2D eigenvalue weighted by Crippen LogP contribution is 2.15. The van der Waals surface area contributed by atoms with Gasteiger partial charge < -0.3 is 14.9 Å². The molecule has 1 rings (SSSR count). The Labute approximate surface area is 106 Å². The van der Waals surface area contributed by atoms with Crippen LogP contribution in [0.5, 0.6) is 0 Å². The molecule has 0 amide bonds. The first-order chi connectivity index (χ1) is 8.39. The molecule has 0 bridgehead atoms. The minimum Gasteiger partial charge on any atom is -0.481 e. The molecule has 0 spiro atoms. The van der Waals surface area contributed by atoms with E-state index in [2.05, 4.69) is 0 Å². The maximum Gasteiger partial charge on any atom is 0.304 e. The molecule has 9 heteroatoms. The molecule has 8 nitrogen and oxygen atoms in total. The Morgan fingerprint density at radius 1 is 1.56 bits per heavy atom. The molecular formula is C9H18N2O6S. The Hall–Kier alpha value is -0.740. The van der Waals surface area contributed by atoms with Gasteiger partial charge in [0, 0.05) is 20.1 Å². The molecule has 18 heavy (non-hydrogen) atoms. The Morgan fingerprint density at radius 2 is 2.22 bits per heavy atom. The highest BCUT2D eigenvalue weighted by Gasteiger charge is 2.35. The van der Waals surface area contributed by atoms with E-state index in [0.717, 1.165) is 8.61 Å². The van der Waals surface area contributed by atoms with Crippen LogP contribution in [0.15, 0.2) is 0 Å². The summed E-state index contributed by atoms with van der Waals surface area (Å²) in [5, 5.41) is 17.7. The van der Waals surface area contributed by atoms with Crippen LogP contribution < -0.4 is 0 Å². The third kappa shape index (κ3) is 3.62. The van der Waals surface area contributed by atoms with Crippen LogP contribution in [0.4, 0.5) is 0 Å². The van der Waals surface area contributed by atoms with Gasteiger partial charge in [0.05, 0.1) is 32.3 Å². The van der Waals surface area contributed by atoms with Crippen LogP contribution in [0.25, 0.3) is 0 Å². The van der Waals surface area contributed by atoms with Crippen molar-refractivity contribution in [1.82, 2.24) is 8.61 Å². The van der Waals surface area contributed by atoms with Crippen LogP contribution in [0.2, 0.25) is 0 Å². The highest BCUT2D eigenvalue weighted by molar-refractivity contribution is 7.86. The molecule has 1 saturated heterocycles. The second-order valence-corrected chi connectivity index (χ2v) is 5.98. The van der Waals surface area contributed by atoms with Crippen LogP contribution in [0.3, 0.4) is 0 Å². The van der Waals surface area contributed by atoms with E-state index >= 15 is 0 Å².